The molecule has 1 heterocycles. The monoisotopic (exact) mass is 617 g/mol. The lowest BCUT2D eigenvalue weighted by Crippen LogP contribution is -2.06. The van der Waals surface area contributed by atoms with Crippen molar-refractivity contribution in [3.8, 4) is 11.5 Å². The van der Waals surface area contributed by atoms with Gasteiger partial charge < -0.3 is 14.2 Å². The number of rotatable bonds is 7. The van der Waals surface area contributed by atoms with Gasteiger partial charge >= 0.3 is 5.97 Å². The van der Waals surface area contributed by atoms with E-state index in [1.807, 2.05) is 55.5 Å². The Bertz CT molecular complexity index is 1250. The molecule has 0 aromatic heterocycles. The Morgan fingerprint density at radius 1 is 1.09 bits per heavy atom. The maximum Gasteiger partial charge on any atom is 0.363 e. The van der Waals surface area contributed by atoms with Crippen LogP contribution in [-0.4, -0.2) is 18.5 Å². The third-order valence-corrected chi connectivity index (χ3v) is 6.36. The predicted molar refractivity (Wildman–Crippen MR) is 141 cm³/mol. The summed E-state index contributed by atoms with van der Waals surface area (Å²) in [6.45, 7) is 4.90. The van der Waals surface area contributed by atoms with E-state index in [-0.39, 0.29) is 11.6 Å². The summed E-state index contributed by atoms with van der Waals surface area (Å²) < 4.78 is 19.0. The number of carbonyl (C=O) groups is 1. The molecule has 3 aromatic carbocycles. The van der Waals surface area contributed by atoms with E-state index in [0.717, 1.165) is 24.7 Å². The van der Waals surface area contributed by atoms with Crippen LogP contribution >= 0.6 is 38.5 Å². The normalized spacial score (nSPS) is 14.2. The number of hydrogen-bond donors (Lipinski definition) is 0. The summed E-state index contributed by atoms with van der Waals surface area (Å²) in [5.41, 5.74) is 4.00. The second-order valence-corrected chi connectivity index (χ2v) is 9.37. The Labute approximate surface area is 214 Å². The van der Waals surface area contributed by atoms with Gasteiger partial charge in [0, 0.05) is 4.47 Å². The van der Waals surface area contributed by atoms with Crippen molar-refractivity contribution in [2.45, 2.75) is 20.5 Å². The van der Waals surface area contributed by atoms with Gasteiger partial charge in [-0.25, -0.2) is 9.79 Å². The van der Waals surface area contributed by atoms with E-state index >= 15 is 0 Å². The largest absolute Gasteiger partial charge is 0.490 e. The average molecular weight is 618 g/mol. The van der Waals surface area contributed by atoms with Crippen LogP contribution in [0.25, 0.3) is 6.08 Å². The summed E-state index contributed by atoms with van der Waals surface area (Å²) in [6.07, 6.45) is 1.70. The smallest absolute Gasteiger partial charge is 0.363 e. The van der Waals surface area contributed by atoms with Crippen LogP contribution in [-0.2, 0) is 16.1 Å². The molecular formula is C26H21BrINO4. The predicted octanol–water partition coefficient (Wildman–Crippen LogP) is 6.68. The minimum atomic E-state index is -0.492. The van der Waals surface area contributed by atoms with E-state index in [4.69, 9.17) is 14.2 Å². The number of aliphatic imine (C=N–C) groups is 1. The molecule has 0 unspecified atom stereocenters. The van der Waals surface area contributed by atoms with Gasteiger partial charge in [0.15, 0.2) is 17.2 Å². The lowest BCUT2D eigenvalue weighted by molar-refractivity contribution is -0.129. The number of carbonyl (C=O) groups excluding carboxylic acids is 1. The van der Waals surface area contributed by atoms with Gasteiger partial charge in [0.05, 0.1) is 15.7 Å². The minimum Gasteiger partial charge on any atom is -0.490 e. The van der Waals surface area contributed by atoms with E-state index < -0.39 is 5.97 Å². The maximum absolute atomic E-state index is 12.4. The Kier molecular flexibility index (Phi) is 7.49. The van der Waals surface area contributed by atoms with E-state index in [2.05, 4.69) is 62.6 Å². The first-order valence-corrected chi connectivity index (χ1v) is 12.2. The molecule has 0 amide bonds. The van der Waals surface area contributed by atoms with E-state index in [1.54, 1.807) is 6.08 Å². The van der Waals surface area contributed by atoms with Crippen molar-refractivity contribution in [3.63, 3.8) is 0 Å². The molecule has 1 aliphatic rings. The SMILES string of the molecule is CCOc1cc(/C=C2\N=C(c3ccccc3Br)OC2=O)cc(I)c1OCc1ccc(C)cc1. The number of halogens is 2. The lowest BCUT2D eigenvalue weighted by atomic mass is 10.1. The van der Waals surface area contributed by atoms with Crippen molar-refractivity contribution in [2.75, 3.05) is 6.61 Å². The molecule has 0 bridgehead atoms. The molecule has 0 saturated heterocycles. The second kappa shape index (κ2) is 10.5. The summed E-state index contributed by atoms with van der Waals surface area (Å²) in [6, 6.07) is 19.5. The highest BCUT2D eigenvalue weighted by molar-refractivity contribution is 14.1. The zero-order chi connectivity index (χ0) is 23.4. The van der Waals surface area contributed by atoms with Gasteiger partial charge in [0.25, 0.3) is 0 Å². The molecule has 0 atom stereocenters. The second-order valence-electron chi connectivity index (χ2n) is 7.35. The Hall–Kier alpha value is -2.65. The number of ether oxygens (including phenoxy) is 3. The highest BCUT2D eigenvalue weighted by atomic mass is 127. The third-order valence-electron chi connectivity index (χ3n) is 4.86. The Morgan fingerprint density at radius 2 is 1.85 bits per heavy atom. The van der Waals surface area contributed by atoms with Crippen molar-refractivity contribution in [3.05, 3.63) is 96.7 Å². The molecule has 33 heavy (non-hydrogen) atoms. The van der Waals surface area contributed by atoms with E-state index in [1.165, 1.54) is 5.56 Å². The summed E-state index contributed by atoms with van der Waals surface area (Å²) in [4.78, 5) is 16.8. The minimum absolute atomic E-state index is 0.229. The van der Waals surface area contributed by atoms with Crippen molar-refractivity contribution in [1.82, 2.24) is 0 Å². The highest BCUT2D eigenvalue weighted by Gasteiger charge is 2.25. The number of esters is 1. The van der Waals surface area contributed by atoms with Crippen LogP contribution in [0, 0.1) is 10.5 Å². The number of aryl methyl sites for hydroxylation is 1. The number of nitrogens with zero attached hydrogens (tertiary/aromatic N) is 1. The van der Waals surface area contributed by atoms with E-state index in [0.29, 0.717) is 24.7 Å². The third kappa shape index (κ3) is 5.65. The van der Waals surface area contributed by atoms with Crippen LogP contribution in [0.15, 0.2) is 75.8 Å². The first-order valence-electron chi connectivity index (χ1n) is 10.4. The molecule has 0 spiro atoms. The first-order chi connectivity index (χ1) is 15.9. The number of cyclic esters (lactones) is 1. The zero-order valence-electron chi connectivity index (χ0n) is 18.1. The van der Waals surface area contributed by atoms with Crippen LogP contribution in [0.2, 0.25) is 0 Å². The van der Waals surface area contributed by atoms with Gasteiger partial charge in [-0.15, -0.1) is 0 Å². The van der Waals surface area contributed by atoms with Gasteiger partial charge in [-0.3, -0.25) is 0 Å². The molecule has 0 fully saturated rings. The molecule has 168 valence electrons. The van der Waals surface area contributed by atoms with Gasteiger partial charge in [0.1, 0.15) is 6.61 Å². The maximum atomic E-state index is 12.4. The van der Waals surface area contributed by atoms with Gasteiger partial charge in [0.2, 0.25) is 5.90 Å². The molecule has 0 saturated carbocycles. The fourth-order valence-electron chi connectivity index (χ4n) is 3.23. The van der Waals surface area contributed by atoms with Crippen LogP contribution in [0.5, 0.6) is 11.5 Å². The summed E-state index contributed by atoms with van der Waals surface area (Å²) >= 11 is 5.69. The Morgan fingerprint density at radius 3 is 2.58 bits per heavy atom. The van der Waals surface area contributed by atoms with Gasteiger partial charge in [-0.1, -0.05) is 42.0 Å². The molecule has 3 aromatic rings. The standard InChI is InChI=1S/C26H21BrINO4/c1-3-31-23-14-18(12-21(28)24(23)32-15-17-10-8-16(2)9-11-17)13-22-26(30)33-25(29-22)19-6-4-5-7-20(19)27/h4-14H,3,15H2,1-2H3/b22-13-. The first kappa shape index (κ1) is 23.5. The molecule has 4 rings (SSSR count). The fourth-order valence-corrected chi connectivity index (χ4v) is 4.47. The molecular weight excluding hydrogens is 597 g/mol. The average Bonchev–Trinajstić information content (AvgIpc) is 3.15. The molecule has 0 aliphatic carbocycles. The van der Waals surface area contributed by atoms with Gasteiger partial charge in [-0.2, -0.15) is 0 Å². The summed E-state index contributed by atoms with van der Waals surface area (Å²) in [5.74, 6) is 1.07. The summed E-state index contributed by atoms with van der Waals surface area (Å²) in [5, 5.41) is 0. The van der Waals surface area contributed by atoms with Crippen LogP contribution in [0.1, 0.15) is 29.2 Å². The number of benzene rings is 3. The summed E-state index contributed by atoms with van der Waals surface area (Å²) in [7, 11) is 0. The topological polar surface area (TPSA) is 57.1 Å². The van der Waals surface area contributed by atoms with Crippen LogP contribution in [0.3, 0.4) is 0 Å². The van der Waals surface area contributed by atoms with Crippen LogP contribution < -0.4 is 9.47 Å². The molecule has 0 radical (unpaired) electrons. The molecule has 7 heteroatoms. The van der Waals surface area contributed by atoms with E-state index in [9.17, 15) is 4.79 Å². The quantitative estimate of drug-likeness (QED) is 0.169. The fraction of sp³-hybridized carbons (Fsp3) is 0.154. The molecule has 0 N–H and O–H groups in total. The van der Waals surface area contributed by atoms with Crippen molar-refractivity contribution in [1.29, 1.82) is 0 Å². The lowest BCUT2D eigenvalue weighted by Gasteiger charge is -2.15. The van der Waals surface area contributed by atoms with Crippen molar-refractivity contribution < 1.29 is 19.0 Å². The highest BCUT2D eigenvalue weighted by Crippen LogP contribution is 2.36. The molecule has 1 aliphatic heterocycles. The Balaban J connectivity index is 1.61. The number of hydrogen-bond acceptors (Lipinski definition) is 5. The zero-order valence-corrected chi connectivity index (χ0v) is 21.8. The van der Waals surface area contributed by atoms with Crippen LogP contribution in [0.4, 0.5) is 0 Å². The van der Waals surface area contributed by atoms with Gasteiger partial charge in [-0.05, 0) is 93.8 Å². The van der Waals surface area contributed by atoms with Crippen molar-refractivity contribution in [2.24, 2.45) is 4.99 Å². The van der Waals surface area contributed by atoms with Crippen molar-refractivity contribution >= 4 is 56.5 Å². The molecule has 5 nitrogen and oxygen atoms in total.